The first kappa shape index (κ1) is 13.6. The lowest BCUT2D eigenvalue weighted by Crippen LogP contribution is -2.25. The van der Waals surface area contributed by atoms with Crippen molar-refractivity contribution >= 4 is 17.5 Å². The summed E-state index contributed by atoms with van der Waals surface area (Å²) in [5.41, 5.74) is 0.0452. The molecule has 0 spiro atoms. The molecule has 1 aromatic carbocycles. The van der Waals surface area contributed by atoms with Crippen LogP contribution in [0.15, 0.2) is 30.4 Å². The largest absolute Gasteiger partial charge is 0.352 e. The lowest BCUT2D eigenvalue weighted by atomic mass is 10.1. The average molecular weight is 260 g/mol. The van der Waals surface area contributed by atoms with E-state index in [1.54, 1.807) is 12.2 Å². The smallest absolute Gasteiger partial charge is 0.224 e. The van der Waals surface area contributed by atoms with Crippen LogP contribution < -0.4 is 5.32 Å². The molecule has 0 atom stereocenters. The molecule has 0 unspecified atom stereocenters. The third-order valence-electron chi connectivity index (χ3n) is 2.06. The van der Waals surface area contributed by atoms with Gasteiger partial charge in [-0.2, -0.15) is 0 Å². The van der Waals surface area contributed by atoms with Crippen LogP contribution in [0.2, 0.25) is 0 Å². The normalized spacial score (nSPS) is 10.8. The van der Waals surface area contributed by atoms with E-state index in [0.717, 1.165) is 6.07 Å². The first-order chi connectivity index (χ1) is 8.15. The molecule has 0 saturated heterocycles. The fraction of sp³-hybridized carbons (Fsp3) is 0.250. The van der Waals surface area contributed by atoms with Gasteiger partial charge in [-0.1, -0.05) is 24.3 Å². The molecule has 1 N–H and O–H groups in total. The molecular weight excluding hydrogens is 248 g/mol. The Morgan fingerprint density at radius 2 is 2.12 bits per heavy atom. The SMILES string of the molecule is O=C(Cc1cccc(F)c1F)NC/C=C/CCl. The summed E-state index contributed by atoms with van der Waals surface area (Å²) in [6.07, 6.45) is 3.19. The molecule has 0 aliphatic rings. The Balaban J connectivity index is 2.51. The standard InChI is InChI=1S/C12H12ClF2NO/c13-6-1-2-7-16-11(17)8-9-4-3-5-10(14)12(9)15/h1-5H,6-8H2,(H,16,17)/b2-1+. The Morgan fingerprint density at radius 3 is 2.82 bits per heavy atom. The van der Waals surface area contributed by atoms with Gasteiger partial charge < -0.3 is 5.32 Å². The van der Waals surface area contributed by atoms with Gasteiger partial charge >= 0.3 is 0 Å². The van der Waals surface area contributed by atoms with Crippen molar-refractivity contribution in [3.8, 4) is 0 Å². The summed E-state index contributed by atoms with van der Waals surface area (Å²) in [6, 6.07) is 3.76. The molecule has 0 aromatic heterocycles. The average Bonchev–Trinajstić information content (AvgIpc) is 2.31. The summed E-state index contributed by atoms with van der Waals surface area (Å²) >= 11 is 5.39. The van der Waals surface area contributed by atoms with Gasteiger partial charge in [-0.3, -0.25) is 4.79 Å². The molecule has 5 heteroatoms. The van der Waals surface area contributed by atoms with E-state index in [4.69, 9.17) is 11.6 Å². The van der Waals surface area contributed by atoms with E-state index < -0.39 is 11.6 Å². The molecule has 0 bridgehead atoms. The van der Waals surface area contributed by atoms with Crippen molar-refractivity contribution in [2.24, 2.45) is 0 Å². The number of allylic oxidation sites excluding steroid dienone is 1. The minimum atomic E-state index is -0.973. The van der Waals surface area contributed by atoms with Crippen LogP contribution in [0.4, 0.5) is 8.78 Å². The predicted molar refractivity (Wildman–Crippen MR) is 62.9 cm³/mol. The van der Waals surface area contributed by atoms with Gasteiger partial charge in [0.1, 0.15) is 0 Å². The predicted octanol–water partition coefficient (Wildman–Crippen LogP) is 2.42. The van der Waals surface area contributed by atoms with Crippen molar-refractivity contribution in [3.63, 3.8) is 0 Å². The van der Waals surface area contributed by atoms with Crippen molar-refractivity contribution in [3.05, 3.63) is 47.5 Å². The van der Waals surface area contributed by atoms with Crippen LogP contribution in [0.5, 0.6) is 0 Å². The number of alkyl halides is 1. The molecule has 0 radical (unpaired) electrons. The Hall–Kier alpha value is -1.42. The lowest BCUT2D eigenvalue weighted by molar-refractivity contribution is -0.120. The van der Waals surface area contributed by atoms with E-state index in [9.17, 15) is 13.6 Å². The van der Waals surface area contributed by atoms with Crippen LogP contribution in [0.1, 0.15) is 5.56 Å². The summed E-state index contributed by atoms with van der Waals surface area (Å²) in [7, 11) is 0. The zero-order valence-electron chi connectivity index (χ0n) is 9.05. The molecule has 0 aliphatic carbocycles. The van der Waals surface area contributed by atoms with Gasteiger partial charge in [0.05, 0.1) is 6.42 Å². The van der Waals surface area contributed by atoms with Crippen LogP contribution >= 0.6 is 11.6 Å². The Labute approximate surface area is 103 Å². The third-order valence-corrected chi connectivity index (χ3v) is 2.23. The molecule has 1 amide bonds. The van der Waals surface area contributed by atoms with E-state index in [1.165, 1.54) is 12.1 Å². The Morgan fingerprint density at radius 1 is 1.35 bits per heavy atom. The van der Waals surface area contributed by atoms with Gasteiger partial charge in [0.25, 0.3) is 0 Å². The maximum absolute atomic E-state index is 13.2. The maximum Gasteiger partial charge on any atom is 0.224 e. The van der Waals surface area contributed by atoms with E-state index >= 15 is 0 Å². The fourth-order valence-corrected chi connectivity index (χ4v) is 1.37. The van der Waals surface area contributed by atoms with Gasteiger partial charge in [0.15, 0.2) is 11.6 Å². The summed E-state index contributed by atoms with van der Waals surface area (Å²) in [5.74, 6) is -1.92. The molecule has 2 nitrogen and oxygen atoms in total. The van der Waals surface area contributed by atoms with E-state index in [2.05, 4.69) is 5.32 Å². The highest BCUT2D eigenvalue weighted by Crippen LogP contribution is 2.11. The number of rotatable bonds is 5. The van der Waals surface area contributed by atoms with Crippen molar-refractivity contribution in [1.82, 2.24) is 5.32 Å². The quantitative estimate of drug-likeness (QED) is 0.639. The van der Waals surface area contributed by atoms with Crippen LogP contribution in [0, 0.1) is 11.6 Å². The lowest BCUT2D eigenvalue weighted by Gasteiger charge is -2.04. The molecule has 0 heterocycles. The van der Waals surface area contributed by atoms with E-state index in [-0.39, 0.29) is 17.9 Å². The first-order valence-electron chi connectivity index (χ1n) is 5.05. The van der Waals surface area contributed by atoms with Crippen LogP contribution in [0.25, 0.3) is 0 Å². The van der Waals surface area contributed by atoms with E-state index in [1.807, 2.05) is 0 Å². The van der Waals surface area contributed by atoms with Crippen molar-refractivity contribution < 1.29 is 13.6 Å². The number of carbonyl (C=O) groups is 1. The Kier molecular flexibility index (Phi) is 5.63. The van der Waals surface area contributed by atoms with Crippen molar-refractivity contribution in [2.45, 2.75) is 6.42 Å². The zero-order valence-corrected chi connectivity index (χ0v) is 9.81. The molecule has 17 heavy (non-hydrogen) atoms. The van der Waals surface area contributed by atoms with Crippen LogP contribution in [0.3, 0.4) is 0 Å². The third kappa shape index (κ3) is 4.53. The second-order valence-corrected chi connectivity index (χ2v) is 3.63. The second-order valence-electron chi connectivity index (χ2n) is 3.32. The topological polar surface area (TPSA) is 29.1 Å². The maximum atomic E-state index is 13.2. The molecule has 1 aromatic rings. The number of hydrogen-bond donors (Lipinski definition) is 1. The molecular formula is C12H12ClF2NO. The van der Waals surface area contributed by atoms with Gasteiger partial charge in [-0.05, 0) is 6.07 Å². The first-order valence-corrected chi connectivity index (χ1v) is 5.59. The highest BCUT2D eigenvalue weighted by molar-refractivity contribution is 6.18. The number of halogens is 3. The number of hydrogen-bond acceptors (Lipinski definition) is 1. The second kappa shape index (κ2) is 7.01. The van der Waals surface area contributed by atoms with Gasteiger partial charge in [-0.15, -0.1) is 11.6 Å². The highest BCUT2D eigenvalue weighted by atomic mass is 35.5. The van der Waals surface area contributed by atoms with Gasteiger partial charge in [0, 0.05) is 18.0 Å². The van der Waals surface area contributed by atoms with Crippen LogP contribution in [-0.4, -0.2) is 18.3 Å². The van der Waals surface area contributed by atoms with Gasteiger partial charge in [-0.25, -0.2) is 8.78 Å². The number of nitrogens with one attached hydrogen (secondary N) is 1. The van der Waals surface area contributed by atoms with Crippen molar-refractivity contribution in [1.29, 1.82) is 0 Å². The monoisotopic (exact) mass is 259 g/mol. The number of benzene rings is 1. The minimum Gasteiger partial charge on any atom is -0.352 e. The molecule has 0 aliphatic heterocycles. The summed E-state index contributed by atoms with van der Waals surface area (Å²) < 4.78 is 26.1. The van der Waals surface area contributed by atoms with E-state index in [0.29, 0.717) is 12.4 Å². The van der Waals surface area contributed by atoms with Gasteiger partial charge in [0.2, 0.25) is 5.91 Å². The fourth-order valence-electron chi connectivity index (χ4n) is 1.24. The summed E-state index contributed by atoms with van der Waals surface area (Å²) in [4.78, 5) is 11.4. The summed E-state index contributed by atoms with van der Waals surface area (Å²) in [5, 5.41) is 2.54. The molecule has 1 rings (SSSR count). The zero-order chi connectivity index (χ0) is 12.7. The molecule has 0 fully saturated rings. The molecule has 0 saturated carbocycles. The number of carbonyl (C=O) groups excluding carboxylic acids is 1. The number of amides is 1. The summed E-state index contributed by atoms with van der Waals surface area (Å²) in [6.45, 7) is 0.322. The Bertz CT molecular complexity index is 421. The minimum absolute atomic E-state index is 0.0452. The van der Waals surface area contributed by atoms with Crippen molar-refractivity contribution in [2.75, 3.05) is 12.4 Å². The highest BCUT2D eigenvalue weighted by Gasteiger charge is 2.10. The molecule has 92 valence electrons. The van der Waals surface area contributed by atoms with Crippen LogP contribution in [-0.2, 0) is 11.2 Å².